The molecular weight excluding hydrogens is 263 g/mol. The summed E-state index contributed by atoms with van der Waals surface area (Å²) in [7, 11) is 0. The molecule has 0 saturated carbocycles. The van der Waals surface area contributed by atoms with Gasteiger partial charge in [-0.2, -0.15) is 5.10 Å². The van der Waals surface area contributed by atoms with Crippen LogP contribution in [0.3, 0.4) is 0 Å². The van der Waals surface area contributed by atoms with Gasteiger partial charge in [-0.1, -0.05) is 0 Å². The van der Waals surface area contributed by atoms with Crippen LogP contribution in [0.5, 0.6) is 0 Å². The third-order valence-corrected chi connectivity index (χ3v) is 3.49. The largest absolute Gasteiger partial charge is 0.359 e. The number of fused-ring (bicyclic) bond motifs is 1. The quantitative estimate of drug-likeness (QED) is 0.567. The van der Waals surface area contributed by atoms with Gasteiger partial charge in [-0.15, -0.1) is 11.3 Å². The van der Waals surface area contributed by atoms with E-state index in [1.54, 1.807) is 12.4 Å². The fourth-order valence-electron chi connectivity index (χ4n) is 1.79. The smallest absolute Gasteiger partial charge is 0.203 e. The van der Waals surface area contributed by atoms with Gasteiger partial charge in [0, 0.05) is 17.0 Å². The van der Waals surface area contributed by atoms with Crippen LogP contribution in [0, 0.1) is 12.7 Å². The molecule has 0 saturated heterocycles. The number of halogens is 1. The number of nitrogens with zero attached hydrogens (tertiary/aromatic N) is 2. The Morgan fingerprint density at radius 3 is 3.16 bits per heavy atom. The molecule has 0 aliphatic carbocycles. The van der Waals surface area contributed by atoms with Crippen molar-refractivity contribution in [1.29, 1.82) is 0 Å². The molecule has 2 heterocycles. The average molecular weight is 274 g/mol. The van der Waals surface area contributed by atoms with Gasteiger partial charge in [-0.05, 0) is 30.7 Å². The van der Waals surface area contributed by atoms with E-state index in [1.807, 2.05) is 24.4 Å². The molecule has 2 N–H and O–H groups in total. The molecule has 0 aliphatic rings. The normalized spacial score (nSPS) is 11.5. The van der Waals surface area contributed by atoms with Gasteiger partial charge in [0.05, 0.1) is 17.4 Å². The highest BCUT2D eigenvalue weighted by Crippen LogP contribution is 2.18. The Kier molecular flexibility index (Phi) is 3.00. The second kappa shape index (κ2) is 4.81. The number of thiazole rings is 1. The van der Waals surface area contributed by atoms with Crippen molar-refractivity contribution in [3.63, 3.8) is 0 Å². The number of nitrogens with one attached hydrogen (secondary N) is 2. The predicted molar refractivity (Wildman–Crippen MR) is 76.3 cm³/mol. The summed E-state index contributed by atoms with van der Waals surface area (Å²) >= 11 is 1.48. The number of hydrogen-bond donors (Lipinski definition) is 2. The third-order valence-electron chi connectivity index (χ3n) is 2.63. The Labute approximate surface area is 113 Å². The maximum Gasteiger partial charge on any atom is 0.203 e. The van der Waals surface area contributed by atoms with Gasteiger partial charge in [-0.25, -0.2) is 9.37 Å². The third kappa shape index (κ3) is 2.48. The van der Waals surface area contributed by atoms with E-state index in [1.165, 1.54) is 17.4 Å². The summed E-state index contributed by atoms with van der Waals surface area (Å²) in [4.78, 5) is 7.07. The topological polar surface area (TPSA) is 53.1 Å². The van der Waals surface area contributed by atoms with Crippen LogP contribution in [0.1, 0.15) is 11.3 Å². The molecule has 96 valence electrons. The van der Waals surface area contributed by atoms with Crippen LogP contribution in [0.25, 0.3) is 10.9 Å². The molecule has 0 unspecified atom stereocenters. The molecule has 0 spiro atoms. The number of aromatic amines is 1. The van der Waals surface area contributed by atoms with Crippen LogP contribution in [0.4, 0.5) is 9.52 Å². The van der Waals surface area contributed by atoms with Crippen molar-refractivity contribution in [2.45, 2.75) is 6.92 Å². The van der Waals surface area contributed by atoms with E-state index in [4.69, 9.17) is 0 Å². The minimum Gasteiger partial charge on any atom is -0.359 e. The minimum atomic E-state index is -0.283. The fraction of sp³-hybridized carbons (Fsp3) is 0.0769. The molecule has 4 nitrogen and oxygen atoms in total. The summed E-state index contributed by atoms with van der Waals surface area (Å²) in [6.45, 7) is 1.92. The summed E-state index contributed by atoms with van der Waals surface area (Å²) in [5, 5.41) is 7.53. The van der Waals surface area contributed by atoms with Crippen molar-refractivity contribution in [3.05, 3.63) is 46.9 Å². The first kappa shape index (κ1) is 11.9. The lowest BCUT2D eigenvalue weighted by Crippen LogP contribution is -1.91. The van der Waals surface area contributed by atoms with E-state index in [2.05, 4.69) is 20.5 Å². The highest BCUT2D eigenvalue weighted by Gasteiger charge is 2.03. The van der Waals surface area contributed by atoms with Crippen LogP contribution in [-0.2, 0) is 0 Å². The van der Waals surface area contributed by atoms with Crippen molar-refractivity contribution in [3.8, 4) is 0 Å². The van der Waals surface area contributed by atoms with Gasteiger partial charge in [0.15, 0.2) is 0 Å². The molecule has 0 bridgehead atoms. The molecule has 19 heavy (non-hydrogen) atoms. The summed E-state index contributed by atoms with van der Waals surface area (Å²) in [6.07, 6.45) is 3.29. The summed E-state index contributed by atoms with van der Waals surface area (Å²) in [5.41, 5.74) is 4.98. The van der Waals surface area contributed by atoms with Crippen molar-refractivity contribution >= 4 is 33.6 Å². The van der Waals surface area contributed by atoms with Gasteiger partial charge in [0.1, 0.15) is 5.82 Å². The van der Waals surface area contributed by atoms with Crippen LogP contribution >= 0.6 is 11.3 Å². The average Bonchev–Trinajstić information content (AvgIpc) is 2.98. The zero-order chi connectivity index (χ0) is 13.2. The molecule has 3 aromatic rings. The van der Waals surface area contributed by atoms with E-state index < -0.39 is 0 Å². The monoisotopic (exact) mass is 274 g/mol. The molecule has 0 radical (unpaired) electrons. The Balaban J connectivity index is 1.80. The Hall–Kier alpha value is -2.21. The van der Waals surface area contributed by atoms with Gasteiger partial charge in [0.25, 0.3) is 0 Å². The molecule has 0 fully saturated rings. The summed E-state index contributed by atoms with van der Waals surface area (Å²) in [5.74, 6) is -0.283. The minimum absolute atomic E-state index is 0.283. The number of H-pyrrole nitrogens is 1. The fourth-order valence-corrected chi connectivity index (χ4v) is 2.43. The lowest BCUT2D eigenvalue weighted by molar-refractivity contribution is 0.637. The van der Waals surface area contributed by atoms with Crippen LogP contribution < -0.4 is 5.43 Å². The lowest BCUT2D eigenvalue weighted by atomic mass is 10.1. The van der Waals surface area contributed by atoms with Crippen molar-refractivity contribution in [2.24, 2.45) is 5.10 Å². The lowest BCUT2D eigenvalue weighted by Gasteiger charge is -1.97. The number of benzene rings is 1. The molecule has 2 aromatic heterocycles. The van der Waals surface area contributed by atoms with Crippen LogP contribution in [-0.4, -0.2) is 16.2 Å². The Bertz CT molecular complexity index is 744. The SMILES string of the molecule is Cc1csc(NN=Cc2cc(F)c3[nH]ccc3c2)n1. The molecule has 3 rings (SSSR count). The van der Waals surface area contributed by atoms with E-state index in [-0.39, 0.29) is 5.82 Å². The van der Waals surface area contributed by atoms with Gasteiger partial charge in [-0.3, -0.25) is 5.43 Å². The van der Waals surface area contributed by atoms with Crippen molar-refractivity contribution < 1.29 is 4.39 Å². The van der Waals surface area contributed by atoms with Crippen LogP contribution in [0.2, 0.25) is 0 Å². The number of anilines is 1. The van der Waals surface area contributed by atoms with Crippen molar-refractivity contribution in [2.75, 3.05) is 5.43 Å². The molecule has 6 heteroatoms. The Morgan fingerprint density at radius 1 is 1.47 bits per heavy atom. The van der Waals surface area contributed by atoms with E-state index in [0.717, 1.165) is 16.2 Å². The predicted octanol–water partition coefficient (Wildman–Crippen LogP) is 3.52. The second-order valence-corrected chi connectivity index (χ2v) is 4.97. The number of aryl methyl sites for hydroxylation is 1. The highest BCUT2D eigenvalue weighted by atomic mass is 32.1. The zero-order valence-corrected chi connectivity index (χ0v) is 11.0. The molecule has 0 amide bonds. The van der Waals surface area contributed by atoms with E-state index >= 15 is 0 Å². The number of aromatic nitrogens is 2. The molecule has 0 atom stereocenters. The van der Waals surface area contributed by atoms with Crippen molar-refractivity contribution in [1.82, 2.24) is 9.97 Å². The van der Waals surface area contributed by atoms with E-state index in [0.29, 0.717) is 11.1 Å². The second-order valence-electron chi connectivity index (χ2n) is 4.11. The zero-order valence-electron chi connectivity index (χ0n) is 10.1. The van der Waals surface area contributed by atoms with E-state index in [9.17, 15) is 4.39 Å². The first-order valence-corrected chi connectivity index (χ1v) is 6.58. The van der Waals surface area contributed by atoms with Gasteiger partial charge >= 0.3 is 0 Å². The Morgan fingerprint density at radius 2 is 2.37 bits per heavy atom. The number of rotatable bonds is 3. The van der Waals surface area contributed by atoms with Crippen LogP contribution in [0.15, 0.2) is 34.9 Å². The summed E-state index contributed by atoms with van der Waals surface area (Å²) in [6, 6.07) is 5.14. The molecular formula is C13H11FN4S. The molecule has 0 aliphatic heterocycles. The number of hydrazone groups is 1. The maximum absolute atomic E-state index is 13.7. The molecule has 1 aromatic carbocycles. The standard InChI is InChI=1S/C13H11FN4S/c1-8-7-19-13(17-8)18-16-6-9-4-10-2-3-15-12(10)11(14)5-9/h2-7,15H,1H3,(H,17,18). The first-order valence-electron chi connectivity index (χ1n) is 5.70. The first-order chi connectivity index (χ1) is 9.22. The summed E-state index contributed by atoms with van der Waals surface area (Å²) < 4.78 is 13.7. The highest BCUT2D eigenvalue weighted by molar-refractivity contribution is 7.13. The number of hydrogen-bond acceptors (Lipinski definition) is 4. The maximum atomic E-state index is 13.7. The van der Waals surface area contributed by atoms with Gasteiger partial charge < -0.3 is 4.98 Å². The van der Waals surface area contributed by atoms with Gasteiger partial charge in [0.2, 0.25) is 5.13 Å².